The number of halogens is 1. The van der Waals surface area contributed by atoms with Gasteiger partial charge in [-0.1, -0.05) is 13.8 Å². The fraction of sp³-hybridized carbons (Fsp3) is 0.417. The number of benzene rings is 1. The van der Waals surface area contributed by atoms with Gasteiger partial charge in [-0.25, -0.2) is 17.9 Å². The van der Waals surface area contributed by atoms with Gasteiger partial charge in [0.25, 0.3) is 0 Å². The van der Waals surface area contributed by atoms with Crippen molar-refractivity contribution in [3.05, 3.63) is 24.0 Å². The summed E-state index contributed by atoms with van der Waals surface area (Å²) in [4.78, 5) is 11.5. The van der Waals surface area contributed by atoms with E-state index >= 15 is 0 Å². The molecule has 0 heterocycles. The van der Waals surface area contributed by atoms with Gasteiger partial charge in [0.2, 0.25) is 15.9 Å². The molecule has 0 fully saturated rings. The molecule has 0 aliphatic carbocycles. The Hall–Kier alpha value is -1.47. The molecule has 3 N–H and O–H groups in total. The monoisotopic (exact) mass is 288 g/mol. The SMILES string of the molecule is CCC(CC)C(=O)Nc1ccc(S(N)(=O)=O)cc1F. The Labute approximate surface area is 112 Å². The average Bonchev–Trinajstić information content (AvgIpc) is 2.32. The molecule has 0 saturated carbocycles. The van der Waals surface area contributed by atoms with Gasteiger partial charge in [0.1, 0.15) is 5.82 Å². The van der Waals surface area contributed by atoms with Crippen LogP contribution in [0.5, 0.6) is 0 Å². The summed E-state index contributed by atoms with van der Waals surface area (Å²) in [5.41, 5.74) is -0.0516. The van der Waals surface area contributed by atoms with Gasteiger partial charge in [0.05, 0.1) is 10.6 Å². The number of sulfonamides is 1. The number of carbonyl (C=O) groups excluding carboxylic acids is 1. The summed E-state index contributed by atoms with van der Waals surface area (Å²) in [5, 5.41) is 7.33. The molecule has 0 radical (unpaired) electrons. The van der Waals surface area contributed by atoms with Crippen molar-refractivity contribution in [2.75, 3.05) is 5.32 Å². The van der Waals surface area contributed by atoms with E-state index in [2.05, 4.69) is 5.32 Å². The van der Waals surface area contributed by atoms with Crippen molar-refractivity contribution in [1.29, 1.82) is 0 Å². The Balaban J connectivity index is 2.96. The standard InChI is InChI=1S/C12H17FN2O3S/c1-3-8(4-2)12(16)15-11-6-5-9(7-10(11)13)19(14,17)18/h5-8H,3-4H2,1-2H3,(H,15,16)(H2,14,17,18). The minimum absolute atomic E-state index is 0.0516. The maximum atomic E-state index is 13.7. The van der Waals surface area contributed by atoms with E-state index in [1.807, 2.05) is 13.8 Å². The summed E-state index contributed by atoms with van der Waals surface area (Å²) in [7, 11) is -3.95. The molecule has 1 aromatic carbocycles. The molecular formula is C12H17FN2O3S. The molecule has 0 saturated heterocycles. The Morgan fingerprint density at radius 2 is 1.95 bits per heavy atom. The number of hydrogen-bond donors (Lipinski definition) is 2. The predicted molar refractivity (Wildman–Crippen MR) is 70.5 cm³/mol. The van der Waals surface area contributed by atoms with Gasteiger partial charge in [-0.3, -0.25) is 4.79 Å². The van der Waals surface area contributed by atoms with Crippen molar-refractivity contribution in [2.45, 2.75) is 31.6 Å². The summed E-state index contributed by atoms with van der Waals surface area (Å²) in [6, 6.07) is 3.13. The molecular weight excluding hydrogens is 271 g/mol. The highest BCUT2D eigenvalue weighted by atomic mass is 32.2. The van der Waals surface area contributed by atoms with E-state index in [0.717, 1.165) is 12.1 Å². The summed E-state index contributed by atoms with van der Waals surface area (Å²) >= 11 is 0. The van der Waals surface area contributed by atoms with E-state index in [1.54, 1.807) is 0 Å². The summed E-state index contributed by atoms with van der Waals surface area (Å²) in [6.45, 7) is 3.74. The molecule has 1 aromatic rings. The van der Waals surface area contributed by atoms with Crippen LogP contribution < -0.4 is 10.5 Å². The molecule has 0 spiro atoms. The molecule has 1 rings (SSSR count). The first-order valence-electron chi connectivity index (χ1n) is 5.92. The Kier molecular flexibility index (Phi) is 5.02. The smallest absolute Gasteiger partial charge is 0.238 e. The number of hydrogen-bond acceptors (Lipinski definition) is 3. The van der Waals surface area contributed by atoms with Crippen molar-refractivity contribution >= 4 is 21.6 Å². The van der Waals surface area contributed by atoms with Gasteiger partial charge < -0.3 is 5.32 Å². The summed E-state index contributed by atoms with van der Waals surface area (Å²) < 4.78 is 35.8. The van der Waals surface area contributed by atoms with Crippen LogP contribution in [0.2, 0.25) is 0 Å². The topological polar surface area (TPSA) is 89.3 Å². The maximum absolute atomic E-state index is 13.7. The second kappa shape index (κ2) is 6.12. The number of primary sulfonamides is 1. The van der Waals surface area contributed by atoms with Gasteiger partial charge in [-0.2, -0.15) is 0 Å². The van der Waals surface area contributed by atoms with Gasteiger partial charge >= 0.3 is 0 Å². The number of nitrogens with one attached hydrogen (secondary N) is 1. The van der Waals surface area contributed by atoms with Gasteiger partial charge in [-0.15, -0.1) is 0 Å². The largest absolute Gasteiger partial charge is 0.323 e. The average molecular weight is 288 g/mol. The fourth-order valence-electron chi connectivity index (χ4n) is 1.67. The van der Waals surface area contributed by atoms with E-state index in [9.17, 15) is 17.6 Å². The highest BCUT2D eigenvalue weighted by Gasteiger charge is 2.17. The van der Waals surface area contributed by atoms with Crippen LogP contribution in [0.1, 0.15) is 26.7 Å². The molecule has 1 amide bonds. The van der Waals surface area contributed by atoms with Crippen LogP contribution in [0.25, 0.3) is 0 Å². The minimum atomic E-state index is -3.95. The molecule has 0 aliphatic heterocycles. The van der Waals surface area contributed by atoms with Crippen LogP contribution in [0.4, 0.5) is 10.1 Å². The van der Waals surface area contributed by atoms with Gasteiger partial charge in [0, 0.05) is 5.92 Å². The molecule has 0 aromatic heterocycles. The molecule has 19 heavy (non-hydrogen) atoms. The highest BCUT2D eigenvalue weighted by molar-refractivity contribution is 7.89. The van der Waals surface area contributed by atoms with Crippen molar-refractivity contribution in [3.63, 3.8) is 0 Å². The van der Waals surface area contributed by atoms with Crippen molar-refractivity contribution < 1.29 is 17.6 Å². The third kappa shape index (κ3) is 4.00. The second-order valence-corrected chi connectivity index (χ2v) is 5.75. The quantitative estimate of drug-likeness (QED) is 0.866. The van der Waals surface area contributed by atoms with Gasteiger partial charge in [-0.05, 0) is 31.0 Å². The van der Waals surface area contributed by atoms with Crippen LogP contribution in [-0.4, -0.2) is 14.3 Å². The van der Waals surface area contributed by atoms with E-state index in [4.69, 9.17) is 5.14 Å². The van der Waals surface area contributed by atoms with E-state index in [-0.39, 0.29) is 22.4 Å². The molecule has 7 heteroatoms. The molecule has 5 nitrogen and oxygen atoms in total. The van der Waals surface area contributed by atoms with Crippen LogP contribution in [0.3, 0.4) is 0 Å². The molecule has 0 atom stereocenters. The lowest BCUT2D eigenvalue weighted by Gasteiger charge is -2.13. The Bertz CT molecular complexity index is 568. The molecule has 0 aliphatic rings. The van der Waals surface area contributed by atoms with Gasteiger partial charge in [0.15, 0.2) is 0 Å². The lowest BCUT2D eigenvalue weighted by molar-refractivity contribution is -0.120. The highest BCUT2D eigenvalue weighted by Crippen LogP contribution is 2.20. The first-order valence-corrected chi connectivity index (χ1v) is 7.47. The van der Waals surface area contributed by atoms with Crippen molar-refractivity contribution in [3.8, 4) is 0 Å². The van der Waals surface area contributed by atoms with E-state index in [0.29, 0.717) is 12.8 Å². The van der Waals surface area contributed by atoms with Crippen molar-refractivity contribution in [1.82, 2.24) is 0 Å². The normalized spacial score (nSPS) is 11.6. The summed E-state index contributed by atoms with van der Waals surface area (Å²) in [6.07, 6.45) is 1.30. The minimum Gasteiger partial charge on any atom is -0.323 e. The van der Waals surface area contributed by atoms with Crippen molar-refractivity contribution in [2.24, 2.45) is 11.1 Å². The van der Waals surface area contributed by atoms with Crippen LogP contribution in [0, 0.1) is 11.7 Å². The lowest BCUT2D eigenvalue weighted by atomic mass is 10.0. The summed E-state index contributed by atoms with van der Waals surface area (Å²) in [5.74, 6) is -1.31. The second-order valence-electron chi connectivity index (χ2n) is 4.19. The zero-order chi connectivity index (χ0) is 14.6. The number of carbonyl (C=O) groups is 1. The predicted octanol–water partition coefficient (Wildman–Crippen LogP) is 1.85. The van der Waals surface area contributed by atoms with Crippen LogP contribution in [-0.2, 0) is 14.8 Å². The molecule has 0 unspecified atom stereocenters. The third-order valence-corrected chi connectivity index (χ3v) is 3.79. The third-order valence-electron chi connectivity index (χ3n) is 2.88. The number of anilines is 1. The molecule has 106 valence electrons. The maximum Gasteiger partial charge on any atom is 0.238 e. The first-order chi connectivity index (χ1) is 8.79. The molecule has 0 bridgehead atoms. The van der Waals surface area contributed by atoms with Crippen LogP contribution in [0.15, 0.2) is 23.1 Å². The number of amides is 1. The lowest BCUT2D eigenvalue weighted by Crippen LogP contribution is -2.22. The Morgan fingerprint density at radius 1 is 1.37 bits per heavy atom. The zero-order valence-electron chi connectivity index (χ0n) is 10.8. The fourth-order valence-corrected chi connectivity index (χ4v) is 2.19. The number of rotatable bonds is 5. The van der Waals surface area contributed by atoms with Crippen LogP contribution >= 0.6 is 0 Å². The first kappa shape index (κ1) is 15.6. The number of nitrogens with two attached hydrogens (primary N) is 1. The zero-order valence-corrected chi connectivity index (χ0v) is 11.6. The van der Waals surface area contributed by atoms with E-state index in [1.165, 1.54) is 6.07 Å². The van der Waals surface area contributed by atoms with E-state index < -0.39 is 15.8 Å². The Morgan fingerprint density at radius 3 is 2.37 bits per heavy atom.